The maximum absolute atomic E-state index is 12.0. The van der Waals surface area contributed by atoms with Crippen molar-refractivity contribution in [2.75, 3.05) is 39.0 Å². The van der Waals surface area contributed by atoms with Crippen LogP contribution in [0.4, 0.5) is 4.79 Å². The number of nitrogens with zero attached hydrogens (tertiary/aromatic N) is 2. The zero-order valence-corrected chi connectivity index (χ0v) is 14.5. The Morgan fingerprint density at radius 3 is 2.48 bits per heavy atom. The first-order chi connectivity index (χ1) is 10.8. The normalized spacial score (nSPS) is 16.2. The maximum atomic E-state index is 12.0. The molecule has 1 aliphatic rings. The SMILES string of the molecule is C=CCNC(=O)CN(C1CCN(C(=O)OCC)CC1)S(C)(=O)=O. The summed E-state index contributed by atoms with van der Waals surface area (Å²) in [5.74, 6) is -0.372. The third-order valence-electron chi connectivity index (χ3n) is 3.57. The predicted molar refractivity (Wildman–Crippen MR) is 86.4 cm³/mol. The van der Waals surface area contributed by atoms with Crippen molar-refractivity contribution in [2.24, 2.45) is 0 Å². The van der Waals surface area contributed by atoms with E-state index in [0.717, 1.165) is 6.26 Å². The second-order valence-corrected chi connectivity index (χ2v) is 7.25. The molecule has 0 radical (unpaired) electrons. The van der Waals surface area contributed by atoms with Crippen molar-refractivity contribution in [1.82, 2.24) is 14.5 Å². The lowest BCUT2D eigenvalue weighted by Crippen LogP contribution is -2.51. The summed E-state index contributed by atoms with van der Waals surface area (Å²) < 4.78 is 30.1. The number of hydrogen-bond donors (Lipinski definition) is 1. The van der Waals surface area contributed by atoms with Gasteiger partial charge in [-0.1, -0.05) is 6.08 Å². The van der Waals surface area contributed by atoms with E-state index in [1.54, 1.807) is 11.8 Å². The number of nitrogens with one attached hydrogen (secondary N) is 1. The van der Waals surface area contributed by atoms with E-state index >= 15 is 0 Å². The zero-order valence-electron chi connectivity index (χ0n) is 13.7. The third kappa shape index (κ3) is 6.19. The third-order valence-corrected chi connectivity index (χ3v) is 4.85. The van der Waals surface area contributed by atoms with Gasteiger partial charge < -0.3 is 15.0 Å². The van der Waals surface area contributed by atoms with Gasteiger partial charge in [0.1, 0.15) is 0 Å². The predicted octanol–water partition coefficient (Wildman–Crippen LogP) is 0.171. The Hall–Kier alpha value is -1.61. The van der Waals surface area contributed by atoms with E-state index in [9.17, 15) is 18.0 Å². The van der Waals surface area contributed by atoms with Gasteiger partial charge >= 0.3 is 6.09 Å². The quantitative estimate of drug-likeness (QED) is 0.662. The van der Waals surface area contributed by atoms with Crippen molar-refractivity contribution >= 4 is 22.0 Å². The number of carbonyl (C=O) groups is 2. The van der Waals surface area contributed by atoms with E-state index in [1.165, 1.54) is 10.4 Å². The Kier molecular flexibility index (Phi) is 7.50. The molecule has 132 valence electrons. The first-order valence-corrected chi connectivity index (χ1v) is 9.40. The summed E-state index contributed by atoms with van der Waals surface area (Å²) in [6.45, 7) is 6.41. The fourth-order valence-corrected chi connectivity index (χ4v) is 3.56. The summed E-state index contributed by atoms with van der Waals surface area (Å²) in [5, 5.41) is 2.57. The van der Waals surface area contributed by atoms with Gasteiger partial charge in [0.15, 0.2) is 0 Å². The van der Waals surface area contributed by atoms with Crippen molar-refractivity contribution in [1.29, 1.82) is 0 Å². The smallest absolute Gasteiger partial charge is 0.409 e. The second-order valence-electron chi connectivity index (χ2n) is 5.32. The van der Waals surface area contributed by atoms with E-state index in [-0.39, 0.29) is 31.1 Å². The van der Waals surface area contributed by atoms with Crippen LogP contribution in [0.25, 0.3) is 0 Å². The van der Waals surface area contributed by atoms with Crippen LogP contribution in [0.3, 0.4) is 0 Å². The van der Waals surface area contributed by atoms with Gasteiger partial charge in [-0.25, -0.2) is 13.2 Å². The van der Waals surface area contributed by atoms with Gasteiger partial charge in [0.25, 0.3) is 0 Å². The van der Waals surface area contributed by atoms with Gasteiger partial charge in [0, 0.05) is 25.7 Å². The molecular formula is C14H25N3O5S. The molecule has 1 rings (SSSR count). The fourth-order valence-electron chi connectivity index (χ4n) is 2.45. The molecule has 1 aliphatic heterocycles. The van der Waals surface area contributed by atoms with Gasteiger partial charge in [-0.2, -0.15) is 4.31 Å². The lowest BCUT2D eigenvalue weighted by molar-refractivity contribution is -0.121. The van der Waals surface area contributed by atoms with E-state index in [1.807, 2.05) is 0 Å². The Labute approximate surface area is 137 Å². The number of piperidine rings is 1. The monoisotopic (exact) mass is 347 g/mol. The first-order valence-electron chi connectivity index (χ1n) is 7.55. The van der Waals surface area contributed by atoms with Crippen molar-refractivity contribution < 1.29 is 22.7 Å². The second kappa shape index (κ2) is 8.88. The average molecular weight is 347 g/mol. The number of sulfonamides is 1. The largest absolute Gasteiger partial charge is 0.450 e. The summed E-state index contributed by atoms with van der Waals surface area (Å²) in [6, 6.07) is -0.301. The summed E-state index contributed by atoms with van der Waals surface area (Å²) in [7, 11) is -3.52. The van der Waals surface area contributed by atoms with Gasteiger partial charge in [0.2, 0.25) is 15.9 Å². The molecule has 0 spiro atoms. The molecule has 0 bridgehead atoms. The molecule has 9 heteroatoms. The Bertz CT molecular complexity index is 527. The van der Waals surface area contributed by atoms with Crippen LogP contribution in [0.5, 0.6) is 0 Å². The van der Waals surface area contributed by atoms with E-state index in [0.29, 0.717) is 32.5 Å². The van der Waals surface area contributed by atoms with Gasteiger partial charge in [-0.15, -0.1) is 6.58 Å². The molecule has 1 heterocycles. The molecule has 0 unspecified atom stereocenters. The molecule has 2 amide bonds. The van der Waals surface area contributed by atoms with Gasteiger partial charge in [0.05, 0.1) is 19.4 Å². The van der Waals surface area contributed by atoms with Crippen LogP contribution in [0, 0.1) is 0 Å². The number of ether oxygens (including phenoxy) is 1. The topological polar surface area (TPSA) is 96.0 Å². The van der Waals surface area contributed by atoms with Crippen LogP contribution in [-0.2, 0) is 19.6 Å². The lowest BCUT2D eigenvalue weighted by Gasteiger charge is -2.36. The highest BCUT2D eigenvalue weighted by molar-refractivity contribution is 7.88. The molecule has 0 aromatic heterocycles. The van der Waals surface area contributed by atoms with E-state index in [4.69, 9.17) is 4.74 Å². The molecule has 0 atom stereocenters. The summed E-state index contributed by atoms with van der Waals surface area (Å²) in [4.78, 5) is 25.0. The minimum absolute atomic E-state index is 0.225. The van der Waals surface area contributed by atoms with Crippen molar-refractivity contribution in [3.05, 3.63) is 12.7 Å². The Balaban J connectivity index is 2.66. The van der Waals surface area contributed by atoms with Crippen LogP contribution in [0.1, 0.15) is 19.8 Å². The van der Waals surface area contributed by atoms with Gasteiger partial charge in [-0.3, -0.25) is 4.79 Å². The number of likely N-dealkylation sites (tertiary alicyclic amines) is 1. The van der Waals surface area contributed by atoms with Crippen LogP contribution in [0.2, 0.25) is 0 Å². The van der Waals surface area contributed by atoms with Crippen molar-refractivity contribution in [3.63, 3.8) is 0 Å². The number of hydrogen-bond acceptors (Lipinski definition) is 5. The van der Waals surface area contributed by atoms with E-state index in [2.05, 4.69) is 11.9 Å². The standard InChI is InChI=1S/C14H25N3O5S/c1-4-8-15-13(18)11-17(23(3,20)21)12-6-9-16(10-7-12)14(19)22-5-2/h4,12H,1,5-11H2,2-3H3,(H,15,18). The summed E-state index contributed by atoms with van der Waals surface area (Å²) >= 11 is 0. The molecule has 0 aromatic carbocycles. The first kappa shape index (κ1) is 19.4. The number of rotatable bonds is 7. The maximum Gasteiger partial charge on any atom is 0.409 e. The minimum atomic E-state index is -3.52. The van der Waals surface area contributed by atoms with Gasteiger partial charge in [-0.05, 0) is 19.8 Å². The molecule has 8 nitrogen and oxygen atoms in total. The van der Waals surface area contributed by atoms with Crippen LogP contribution in [-0.4, -0.2) is 74.7 Å². The zero-order chi connectivity index (χ0) is 17.5. The minimum Gasteiger partial charge on any atom is -0.450 e. The highest BCUT2D eigenvalue weighted by atomic mass is 32.2. The summed E-state index contributed by atoms with van der Waals surface area (Å²) in [5.41, 5.74) is 0. The lowest BCUT2D eigenvalue weighted by atomic mass is 10.1. The number of amides is 2. The van der Waals surface area contributed by atoms with E-state index < -0.39 is 10.0 Å². The fraction of sp³-hybridized carbons (Fsp3) is 0.714. The molecule has 0 aromatic rings. The average Bonchev–Trinajstić information content (AvgIpc) is 2.50. The molecule has 1 N–H and O–H groups in total. The molecular weight excluding hydrogens is 322 g/mol. The summed E-state index contributed by atoms with van der Waals surface area (Å²) in [6.07, 6.45) is 3.17. The van der Waals surface area contributed by atoms with Crippen molar-refractivity contribution in [2.45, 2.75) is 25.8 Å². The van der Waals surface area contributed by atoms with Crippen LogP contribution >= 0.6 is 0 Å². The highest BCUT2D eigenvalue weighted by Gasteiger charge is 2.33. The molecule has 0 aliphatic carbocycles. The van der Waals surface area contributed by atoms with Crippen LogP contribution in [0.15, 0.2) is 12.7 Å². The molecule has 1 saturated heterocycles. The highest BCUT2D eigenvalue weighted by Crippen LogP contribution is 2.19. The Morgan fingerprint density at radius 1 is 1.39 bits per heavy atom. The number of carbonyl (C=O) groups excluding carboxylic acids is 2. The molecule has 1 fully saturated rings. The Morgan fingerprint density at radius 2 is 2.00 bits per heavy atom. The molecule has 23 heavy (non-hydrogen) atoms. The molecule has 0 saturated carbocycles. The van der Waals surface area contributed by atoms with Crippen molar-refractivity contribution in [3.8, 4) is 0 Å². The van der Waals surface area contributed by atoms with Crippen LogP contribution < -0.4 is 5.32 Å².